The number of rotatable bonds is 5. The number of imidazole rings is 1. The van der Waals surface area contributed by atoms with Crippen molar-refractivity contribution >= 4 is 27.1 Å². The summed E-state index contributed by atoms with van der Waals surface area (Å²) in [6.07, 6.45) is 9.49. The van der Waals surface area contributed by atoms with E-state index in [-0.39, 0.29) is 16.9 Å². The van der Waals surface area contributed by atoms with Gasteiger partial charge >= 0.3 is 6.09 Å². The number of ether oxygens (including phenoxy) is 1. The average Bonchev–Trinajstić information content (AvgIpc) is 3.70. The molecule has 5 aromatic rings. The zero-order chi connectivity index (χ0) is 26.4. The standard InChI is InChI=1S/C27H26N6O4S/c1-18-3-7-23(8-4-18)38(35,36)33-25(24-9-10-30-31(24)2)15-20-13-21(16-29-26(20)33)19-5-6-22(14-19)37-27(34)32-12-11-28-17-32/h3-4,7-13,15-17,19,22H,5-6,14H2,1-2H3. The molecule has 4 heterocycles. The van der Waals surface area contributed by atoms with Gasteiger partial charge in [0.15, 0.2) is 5.65 Å². The third-order valence-corrected chi connectivity index (χ3v) is 8.82. The van der Waals surface area contributed by atoms with E-state index in [0.29, 0.717) is 28.8 Å². The van der Waals surface area contributed by atoms with E-state index in [9.17, 15) is 13.2 Å². The van der Waals surface area contributed by atoms with Gasteiger partial charge in [-0.05, 0) is 68.0 Å². The minimum absolute atomic E-state index is 0.143. The number of carbonyl (C=O) groups excluding carboxylic acids is 1. The van der Waals surface area contributed by atoms with Crippen LogP contribution in [0.1, 0.15) is 36.3 Å². The highest BCUT2D eigenvalue weighted by molar-refractivity contribution is 7.90. The first kappa shape index (κ1) is 24.1. The Bertz CT molecular complexity index is 1740. The first-order valence-corrected chi connectivity index (χ1v) is 13.8. The minimum atomic E-state index is -3.94. The van der Waals surface area contributed by atoms with E-state index in [1.54, 1.807) is 60.7 Å². The molecular weight excluding hydrogens is 504 g/mol. The van der Waals surface area contributed by atoms with Crippen LogP contribution >= 0.6 is 0 Å². The molecule has 0 N–H and O–H groups in total. The Balaban J connectivity index is 1.36. The van der Waals surface area contributed by atoms with Crippen LogP contribution in [0.5, 0.6) is 0 Å². The van der Waals surface area contributed by atoms with E-state index in [2.05, 4.69) is 15.1 Å². The molecule has 11 heteroatoms. The van der Waals surface area contributed by atoms with Crippen molar-refractivity contribution in [1.29, 1.82) is 0 Å². The smallest absolute Gasteiger partial charge is 0.419 e. The van der Waals surface area contributed by atoms with Gasteiger partial charge in [-0.15, -0.1) is 0 Å². The molecule has 10 nitrogen and oxygen atoms in total. The number of hydrogen-bond donors (Lipinski definition) is 0. The van der Waals surface area contributed by atoms with Gasteiger partial charge in [0.1, 0.15) is 12.4 Å². The SMILES string of the molecule is Cc1ccc(S(=O)(=O)n2c(-c3ccnn3C)cc3cc(C4CCC(OC(=O)n5ccnc5)C4)cnc32)cc1. The van der Waals surface area contributed by atoms with Crippen molar-refractivity contribution in [2.75, 3.05) is 0 Å². The Morgan fingerprint density at radius 3 is 2.58 bits per heavy atom. The van der Waals surface area contributed by atoms with E-state index < -0.39 is 16.1 Å². The van der Waals surface area contributed by atoms with E-state index in [1.165, 1.54) is 21.1 Å². The van der Waals surface area contributed by atoms with Crippen LogP contribution in [-0.2, 0) is 21.8 Å². The Hall–Kier alpha value is -4.25. The molecule has 1 saturated carbocycles. The largest absolute Gasteiger partial charge is 0.446 e. The van der Waals surface area contributed by atoms with Crippen molar-refractivity contribution in [3.8, 4) is 11.4 Å². The molecule has 0 bridgehead atoms. The van der Waals surface area contributed by atoms with Crippen molar-refractivity contribution in [2.45, 2.75) is 43.1 Å². The predicted molar refractivity (Wildman–Crippen MR) is 140 cm³/mol. The number of benzene rings is 1. The first-order chi connectivity index (χ1) is 18.3. The topological polar surface area (TPSA) is 114 Å². The quantitative estimate of drug-likeness (QED) is 0.329. The third-order valence-electron chi connectivity index (χ3n) is 7.10. The monoisotopic (exact) mass is 530 g/mol. The predicted octanol–water partition coefficient (Wildman–Crippen LogP) is 4.50. The fraction of sp³-hybridized carbons (Fsp3) is 0.259. The van der Waals surface area contributed by atoms with Crippen molar-refractivity contribution in [1.82, 2.24) is 28.3 Å². The van der Waals surface area contributed by atoms with Crippen molar-refractivity contribution in [3.05, 3.63) is 84.7 Å². The third kappa shape index (κ3) is 4.18. The van der Waals surface area contributed by atoms with Crippen LogP contribution in [0, 0.1) is 6.92 Å². The lowest BCUT2D eigenvalue weighted by Gasteiger charge is -2.14. The van der Waals surface area contributed by atoms with Crippen LogP contribution in [0.3, 0.4) is 0 Å². The van der Waals surface area contributed by atoms with Crippen LogP contribution in [0.4, 0.5) is 4.79 Å². The van der Waals surface area contributed by atoms with E-state index in [4.69, 9.17) is 4.74 Å². The summed E-state index contributed by atoms with van der Waals surface area (Å²) in [5, 5.41) is 4.96. The normalized spacial score (nSPS) is 17.7. The number of aromatic nitrogens is 6. The highest BCUT2D eigenvalue weighted by Crippen LogP contribution is 2.38. The zero-order valence-corrected chi connectivity index (χ0v) is 21.7. The summed E-state index contributed by atoms with van der Waals surface area (Å²) in [5.41, 5.74) is 3.46. The molecule has 0 amide bonds. The lowest BCUT2D eigenvalue weighted by atomic mass is 9.98. The Labute approximate surface area is 219 Å². The molecule has 1 aliphatic rings. The summed E-state index contributed by atoms with van der Waals surface area (Å²) in [6.45, 7) is 1.91. The second kappa shape index (κ2) is 9.25. The Morgan fingerprint density at radius 2 is 1.87 bits per heavy atom. The molecule has 194 valence electrons. The summed E-state index contributed by atoms with van der Waals surface area (Å²) >= 11 is 0. The van der Waals surface area contributed by atoms with E-state index in [0.717, 1.165) is 24.0 Å². The van der Waals surface area contributed by atoms with Gasteiger partial charge in [-0.25, -0.2) is 31.7 Å². The van der Waals surface area contributed by atoms with Crippen LogP contribution < -0.4 is 0 Å². The molecule has 6 rings (SSSR count). The molecule has 4 aromatic heterocycles. The lowest BCUT2D eigenvalue weighted by molar-refractivity contribution is 0.101. The number of pyridine rings is 1. The molecule has 1 aliphatic carbocycles. The van der Waals surface area contributed by atoms with E-state index in [1.807, 2.05) is 19.1 Å². The number of nitrogens with zero attached hydrogens (tertiary/aromatic N) is 6. The molecular formula is C27H26N6O4S. The summed E-state index contributed by atoms with van der Waals surface area (Å²) in [5.74, 6) is 0.143. The van der Waals surface area contributed by atoms with Crippen molar-refractivity contribution < 1.29 is 17.9 Å². The molecule has 0 spiro atoms. The minimum Gasteiger partial charge on any atom is -0.446 e. The summed E-state index contributed by atoms with van der Waals surface area (Å²) in [6, 6.07) is 12.4. The molecule has 0 aliphatic heterocycles. The summed E-state index contributed by atoms with van der Waals surface area (Å²) in [7, 11) is -2.16. The molecule has 0 radical (unpaired) electrons. The van der Waals surface area contributed by atoms with Gasteiger partial charge in [0, 0.05) is 37.2 Å². The summed E-state index contributed by atoms with van der Waals surface area (Å²) in [4.78, 5) is 21.0. The van der Waals surface area contributed by atoms with Gasteiger partial charge in [-0.1, -0.05) is 17.7 Å². The number of fused-ring (bicyclic) bond motifs is 1. The number of carbonyl (C=O) groups is 1. The fourth-order valence-corrected chi connectivity index (χ4v) is 6.57. The molecule has 2 atom stereocenters. The Morgan fingerprint density at radius 1 is 1.05 bits per heavy atom. The average molecular weight is 531 g/mol. The molecule has 38 heavy (non-hydrogen) atoms. The van der Waals surface area contributed by atoms with Crippen LogP contribution in [0.2, 0.25) is 0 Å². The van der Waals surface area contributed by atoms with Crippen molar-refractivity contribution in [2.24, 2.45) is 7.05 Å². The highest BCUT2D eigenvalue weighted by atomic mass is 32.2. The molecule has 2 unspecified atom stereocenters. The first-order valence-electron chi connectivity index (χ1n) is 12.3. The maximum absolute atomic E-state index is 13.9. The van der Waals surface area contributed by atoms with Gasteiger partial charge in [-0.2, -0.15) is 5.10 Å². The van der Waals surface area contributed by atoms with Gasteiger partial charge in [0.25, 0.3) is 10.0 Å². The second-order valence-electron chi connectivity index (χ2n) is 9.62. The highest BCUT2D eigenvalue weighted by Gasteiger charge is 2.31. The van der Waals surface area contributed by atoms with Crippen molar-refractivity contribution in [3.63, 3.8) is 0 Å². The maximum Gasteiger partial charge on any atom is 0.419 e. The van der Waals surface area contributed by atoms with Crippen LogP contribution in [-0.4, -0.2) is 48.9 Å². The lowest BCUT2D eigenvalue weighted by Crippen LogP contribution is -2.19. The van der Waals surface area contributed by atoms with Gasteiger partial charge in [0.2, 0.25) is 0 Å². The van der Waals surface area contributed by atoms with Crippen LogP contribution in [0.25, 0.3) is 22.4 Å². The van der Waals surface area contributed by atoms with E-state index >= 15 is 0 Å². The number of aryl methyl sites for hydroxylation is 2. The van der Waals surface area contributed by atoms with Gasteiger partial charge in [-0.3, -0.25) is 4.68 Å². The zero-order valence-electron chi connectivity index (χ0n) is 20.9. The van der Waals surface area contributed by atoms with Crippen LogP contribution in [0.15, 0.2) is 78.5 Å². The molecule has 1 fully saturated rings. The maximum atomic E-state index is 13.9. The molecule has 1 aromatic carbocycles. The number of hydrogen-bond acceptors (Lipinski definition) is 7. The Kier molecular flexibility index (Phi) is 5.87. The molecule has 0 saturated heterocycles. The van der Waals surface area contributed by atoms with Gasteiger partial charge < -0.3 is 4.74 Å². The summed E-state index contributed by atoms with van der Waals surface area (Å²) < 4.78 is 37.7. The van der Waals surface area contributed by atoms with Gasteiger partial charge in [0.05, 0.1) is 16.3 Å². The fourth-order valence-electron chi connectivity index (χ4n) is 5.09. The second-order valence-corrected chi connectivity index (χ2v) is 11.4.